The molecule has 1 fully saturated rings. The van der Waals surface area contributed by atoms with Gasteiger partial charge < -0.3 is 14.6 Å². The van der Waals surface area contributed by atoms with Crippen molar-refractivity contribution in [3.63, 3.8) is 0 Å². The number of hydrogen-bond donors (Lipinski definition) is 1. The van der Waals surface area contributed by atoms with Crippen molar-refractivity contribution in [2.75, 3.05) is 13.7 Å². The van der Waals surface area contributed by atoms with Crippen LogP contribution >= 0.6 is 0 Å². The van der Waals surface area contributed by atoms with E-state index in [9.17, 15) is 9.59 Å². The van der Waals surface area contributed by atoms with Gasteiger partial charge in [0.25, 0.3) is 5.91 Å². The maximum Gasteiger partial charge on any atom is 0.255 e. The molecule has 1 unspecified atom stereocenters. The maximum atomic E-state index is 12.6. The van der Waals surface area contributed by atoms with Crippen LogP contribution in [-0.2, 0) is 0 Å². The monoisotopic (exact) mass is 298 g/mol. The molecule has 1 amide bonds. The Morgan fingerprint density at radius 2 is 2.00 bits per heavy atom. The number of aromatic amines is 1. The average molecular weight is 298 g/mol. The second kappa shape index (κ2) is 6.05. The van der Waals surface area contributed by atoms with Crippen molar-refractivity contribution in [2.45, 2.75) is 18.9 Å². The summed E-state index contributed by atoms with van der Waals surface area (Å²) in [7, 11) is 1.64. The smallest absolute Gasteiger partial charge is 0.255 e. The van der Waals surface area contributed by atoms with E-state index >= 15 is 0 Å². The van der Waals surface area contributed by atoms with Crippen LogP contribution in [-0.4, -0.2) is 29.4 Å². The lowest BCUT2D eigenvalue weighted by Gasteiger charge is -2.25. The Morgan fingerprint density at radius 1 is 1.23 bits per heavy atom. The van der Waals surface area contributed by atoms with E-state index in [1.54, 1.807) is 13.2 Å². The highest BCUT2D eigenvalue weighted by Gasteiger charge is 2.30. The van der Waals surface area contributed by atoms with Crippen LogP contribution < -0.4 is 10.3 Å². The molecule has 1 saturated heterocycles. The fraction of sp³-hybridized carbons (Fsp3) is 0.294. The maximum absolute atomic E-state index is 12.6. The highest BCUT2D eigenvalue weighted by atomic mass is 16.5. The van der Waals surface area contributed by atoms with E-state index in [4.69, 9.17) is 4.74 Å². The topological polar surface area (TPSA) is 62.4 Å². The van der Waals surface area contributed by atoms with Crippen molar-refractivity contribution in [1.82, 2.24) is 9.88 Å². The summed E-state index contributed by atoms with van der Waals surface area (Å²) in [6.07, 6.45) is 3.40. The first-order valence-electron chi connectivity index (χ1n) is 7.32. The van der Waals surface area contributed by atoms with E-state index in [1.807, 2.05) is 29.2 Å². The van der Waals surface area contributed by atoms with E-state index in [2.05, 4.69) is 4.98 Å². The van der Waals surface area contributed by atoms with Crippen LogP contribution in [0.25, 0.3) is 0 Å². The second-order valence-electron chi connectivity index (χ2n) is 5.37. The van der Waals surface area contributed by atoms with Crippen LogP contribution in [0.5, 0.6) is 5.75 Å². The summed E-state index contributed by atoms with van der Waals surface area (Å²) in [5.74, 6) is 0.759. The van der Waals surface area contributed by atoms with Crippen molar-refractivity contribution in [3.8, 4) is 5.75 Å². The molecule has 5 heteroatoms. The van der Waals surface area contributed by atoms with Crippen molar-refractivity contribution in [1.29, 1.82) is 0 Å². The number of nitrogens with one attached hydrogen (secondary N) is 1. The van der Waals surface area contributed by atoms with Crippen molar-refractivity contribution < 1.29 is 9.53 Å². The number of carbonyl (C=O) groups is 1. The molecule has 1 N–H and O–H groups in total. The number of rotatable bonds is 3. The molecule has 5 nitrogen and oxygen atoms in total. The molecule has 1 aliphatic heterocycles. The molecule has 3 rings (SSSR count). The quantitative estimate of drug-likeness (QED) is 0.946. The zero-order valence-corrected chi connectivity index (χ0v) is 12.4. The van der Waals surface area contributed by atoms with Gasteiger partial charge >= 0.3 is 0 Å². The Labute approximate surface area is 128 Å². The zero-order chi connectivity index (χ0) is 15.5. The molecule has 0 spiro atoms. The molecule has 0 bridgehead atoms. The standard InChI is InChI=1S/C17H18N2O3/c1-22-14-7-4-12(5-8-14)15-3-2-10-19(15)17(21)13-6-9-16(20)18-11-13/h4-9,11,15H,2-3,10H2,1H3,(H,18,20). The van der Waals surface area contributed by atoms with Gasteiger partial charge in [0.05, 0.1) is 18.7 Å². The van der Waals surface area contributed by atoms with Crippen LogP contribution in [0.3, 0.4) is 0 Å². The lowest BCUT2D eigenvalue weighted by Crippen LogP contribution is -2.31. The fourth-order valence-electron chi connectivity index (χ4n) is 2.89. The first-order valence-corrected chi connectivity index (χ1v) is 7.32. The SMILES string of the molecule is COc1ccc(C2CCCN2C(=O)c2ccc(=O)[nH]c2)cc1. The number of amides is 1. The number of carbonyl (C=O) groups excluding carboxylic acids is 1. The van der Waals surface area contributed by atoms with E-state index in [-0.39, 0.29) is 17.5 Å². The van der Waals surface area contributed by atoms with Gasteiger partial charge in [-0.1, -0.05) is 12.1 Å². The predicted octanol–water partition coefficient (Wildman–Crippen LogP) is 2.36. The zero-order valence-electron chi connectivity index (χ0n) is 12.4. The molecule has 2 aromatic rings. The van der Waals surface area contributed by atoms with Crippen molar-refractivity contribution in [2.24, 2.45) is 0 Å². The number of aromatic nitrogens is 1. The molecule has 0 aliphatic carbocycles. The molecule has 2 heterocycles. The van der Waals surface area contributed by atoms with Gasteiger partial charge in [-0.25, -0.2) is 0 Å². The first kappa shape index (κ1) is 14.4. The molecule has 1 aliphatic rings. The average Bonchev–Trinajstić information content (AvgIpc) is 3.04. The van der Waals surface area contributed by atoms with Gasteiger partial charge in [0.1, 0.15) is 5.75 Å². The van der Waals surface area contributed by atoms with Crippen LogP contribution in [0.4, 0.5) is 0 Å². The Kier molecular flexibility index (Phi) is 3.96. The summed E-state index contributed by atoms with van der Waals surface area (Å²) in [5.41, 5.74) is 1.42. The third kappa shape index (κ3) is 2.74. The summed E-state index contributed by atoms with van der Waals surface area (Å²) in [6.45, 7) is 0.731. The van der Waals surface area contributed by atoms with Gasteiger partial charge in [-0.15, -0.1) is 0 Å². The van der Waals surface area contributed by atoms with Crippen molar-refractivity contribution >= 4 is 5.91 Å². The summed E-state index contributed by atoms with van der Waals surface area (Å²) < 4.78 is 5.17. The Morgan fingerprint density at radius 3 is 2.64 bits per heavy atom. The lowest BCUT2D eigenvalue weighted by molar-refractivity contribution is 0.0735. The molecule has 1 atom stereocenters. The number of likely N-dealkylation sites (tertiary alicyclic amines) is 1. The van der Waals surface area contributed by atoms with Gasteiger partial charge in [-0.05, 0) is 36.6 Å². The number of methoxy groups -OCH3 is 1. The normalized spacial score (nSPS) is 17.5. The predicted molar refractivity (Wildman–Crippen MR) is 83.1 cm³/mol. The summed E-state index contributed by atoms with van der Waals surface area (Å²) >= 11 is 0. The molecular weight excluding hydrogens is 280 g/mol. The summed E-state index contributed by atoms with van der Waals surface area (Å²) in [6, 6.07) is 10.9. The molecule has 22 heavy (non-hydrogen) atoms. The number of ether oxygens (including phenoxy) is 1. The number of pyridine rings is 1. The van der Waals surface area contributed by atoms with Crippen LogP contribution in [0.1, 0.15) is 34.8 Å². The summed E-state index contributed by atoms with van der Waals surface area (Å²) in [4.78, 5) is 28.2. The van der Waals surface area contributed by atoms with Gasteiger partial charge in [0.15, 0.2) is 0 Å². The minimum Gasteiger partial charge on any atom is -0.497 e. The molecule has 0 saturated carbocycles. The molecule has 1 aromatic heterocycles. The third-order valence-electron chi connectivity index (χ3n) is 4.05. The Balaban J connectivity index is 1.84. The largest absolute Gasteiger partial charge is 0.497 e. The Hall–Kier alpha value is -2.56. The summed E-state index contributed by atoms with van der Waals surface area (Å²) in [5, 5.41) is 0. The number of benzene rings is 1. The van der Waals surface area contributed by atoms with E-state index in [1.165, 1.54) is 12.3 Å². The van der Waals surface area contributed by atoms with E-state index in [0.717, 1.165) is 30.7 Å². The fourth-order valence-corrected chi connectivity index (χ4v) is 2.89. The molecule has 114 valence electrons. The molecule has 0 radical (unpaired) electrons. The lowest BCUT2D eigenvalue weighted by atomic mass is 10.0. The molecular formula is C17H18N2O3. The minimum absolute atomic E-state index is 0.0467. The number of hydrogen-bond acceptors (Lipinski definition) is 3. The highest BCUT2D eigenvalue weighted by Crippen LogP contribution is 2.33. The van der Waals surface area contributed by atoms with Crippen LogP contribution in [0.2, 0.25) is 0 Å². The first-order chi connectivity index (χ1) is 10.7. The second-order valence-corrected chi connectivity index (χ2v) is 5.37. The van der Waals surface area contributed by atoms with Crippen LogP contribution in [0.15, 0.2) is 47.4 Å². The number of nitrogens with zero attached hydrogens (tertiary/aromatic N) is 1. The van der Waals surface area contributed by atoms with Crippen LogP contribution in [0, 0.1) is 0 Å². The van der Waals surface area contributed by atoms with Gasteiger partial charge in [-0.2, -0.15) is 0 Å². The van der Waals surface area contributed by atoms with Gasteiger partial charge in [-0.3, -0.25) is 9.59 Å². The number of H-pyrrole nitrogens is 1. The van der Waals surface area contributed by atoms with Gasteiger partial charge in [0, 0.05) is 18.8 Å². The highest BCUT2D eigenvalue weighted by molar-refractivity contribution is 5.94. The Bertz CT molecular complexity index is 701. The van der Waals surface area contributed by atoms with E-state index < -0.39 is 0 Å². The van der Waals surface area contributed by atoms with E-state index in [0.29, 0.717) is 5.56 Å². The van der Waals surface area contributed by atoms with Crippen molar-refractivity contribution in [3.05, 3.63) is 64.1 Å². The molecule has 1 aromatic carbocycles. The third-order valence-corrected chi connectivity index (χ3v) is 4.05. The van der Waals surface area contributed by atoms with Gasteiger partial charge in [0.2, 0.25) is 5.56 Å². The minimum atomic E-state index is -0.204.